The summed E-state index contributed by atoms with van der Waals surface area (Å²) in [5, 5.41) is 2.26. The van der Waals surface area contributed by atoms with E-state index in [0.717, 1.165) is 35.4 Å². The highest BCUT2D eigenvalue weighted by Crippen LogP contribution is 2.29. The van der Waals surface area contributed by atoms with Crippen LogP contribution in [0.2, 0.25) is 0 Å². The monoisotopic (exact) mass is 287 g/mol. The lowest BCUT2D eigenvalue weighted by Crippen LogP contribution is -2.49. The van der Waals surface area contributed by atoms with Crippen molar-refractivity contribution in [1.29, 1.82) is 0 Å². The van der Waals surface area contributed by atoms with Crippen LogP contribution in [-0.2, 0) is 4.74 Å². The number of anilines is 1. The molecule has 2 unspecified atom stereocenters. The highest BCUT2D eigenvalue weighted by Gasteiger charge is 2.25. The lowest BCUT2D eigenvalue weighted by molar-refractivity contribution is 0.0274. The maximum Gasteiger partial charge on any atom is 0.136 e. The summed E-state index contributed by atoms with van der Waals surface area (Å²) >= 11 is 0. The molecule has 21 heavy (non-hydrogen) atoms. The van der Waals surface area contributed by atoms with Gasteiger partial charge in [0, 0.05) is 30.7 Å². The van der Waals surface area contributed by atoms with E-state index in [1.165, 1.54) is 0 Å². The quantitative estimate of drug-likeness (QED) is 0.932. The summed E-state index contributed by atoms with van der Waals surface area (Å²) < 4.78 is 11.1. The second-order valence-corrected chi connectivity index (χ2v) is 5.44. The van der Waals surface area contributed by atoms with Crippen LogP contribution in [0.3, 0.4) is 0 Å². The Morgan fingerprint density at radius 3 is 3.05 bits per heavy atom. The summed E-state index contributed by atoms with van der Waals surface area (Å²) in [5.41, 5.74) is 5.97. The molecule has 1 aliphatic rings. The molecule has 0 spiro atoms. The van der Waals surface area contributed by atoms with Gasteiger partial charge in [-0.05, 0) is 30.5 Å². The van der Waals surface area contributed by atoms with E-state index in [1.54, 1.807) is 7.11 Å². The van der Waals surface area contributed by atoms with Crippen molar-refractivity contribution in [2.45, 2.75) is 19.1 Å². The standard InChI is InChI=1S/C16H21N3O2/c1-11(17)15-10-19(7-8-21-15)16-14-9-13(20-2)4-3-12(14)5-6-18-16/h3-6,9,11,15H,7-8,10,17H2,1-2H3. The fourth-order valence-corrected chi connectivity index (χ4v) is 2.70. The second-order valence-electron chi connectivity index (χ2n) is 5.44. The van der Waals surface area contributed by atoms with Crippen molar-refractivity contribution in [2.24, 2.45) is 5.73 Å². The number of hydrogen-bond acceptors (Lipinski definition) is 5. The molecule has 1 aliphatic heterocycles. The summed E-state index contributed by atoms with van der Waals surface area (Å²) in [6.45, 7) is 4.25. The summed E-state index contributed by atoms with van der Waals surface area (Å²) in [5.74, 6) is 1.81. The number of pyridine rings is 1. The van der Waals surface area contributed by atoms with Gasteiger partial charge in [-0.25, -0.2) is 4.98 Å². The van der Waals surface area contributed by atoms with E-state index in [4.69, 9.17) is 15.2 Å². The van der Waals surface area contributed by atoms with Gasteiger partial charge in [-0.2, -0.15) is 0 Å². The number of benzene rings is 1. The van der Waals surface area contributed by atoms with Crippen molar-refractivity contribution in [2.75, 3.05) is 31.7 Å². The highest BCUT2D eigenvalue weighted by atomic mass is 16.5. The van der Waals surface area contributed by atoms with Crippen LogP contribution in [0.4, 0.5) is 5.82 Å². The van der Waals surface area contributed by atoms with Crippen LogP contribution in [0.15, 0.2) is 30.5 Å². The molecule has 2 heterocycles. The average Bonchev–Trinajstić information content (AvgIpc) is 2.53. The van der Waals surface area contributed by atoms with Crippen LogP contribution >= 0.6 is 0 Å². The number of morpholine rings is 1. The molecule has 0 aliphatic carbocycles. The number of fused-ring (bicyclic) bond motifs is 1. The molecular weight excluding hydrogens is 266 g/mol. The van der Waals surface area contributed by atoms with E-state index < -0.39 is 0 Å². The molecule has 2 aromatic rings. The third kappa shape index (κ3) is 2.80. The molecule has 0 saturated carbocycles. The third-order valence-electron chi connectivity index (χ3n) is 3.93. The number of aromatic nitrogens is 1. The predicted molar refractivity (Wildman–Crippen MR) is 83.9 cm³/mol. The summed E-state index contributed by atoms with van der Waals surface area (Å²) in [6, 6.07) is 8.09. The molecule has 3 rings (SSSR count). The molecule has 1 aromatic carbocycles. The van der Waals surface area contributed by atoms with Crippen molar-refractivity contribution in [1.82, 2.24) is 4.98 Å². The van der Waals surface area contributed by atoms with Gasteiger partial charge < -0.3 is 20.1 Å². The maximum absolute atomic E-state index is 5.97. The number of methoxy groups -OCH3 is 1. The zero-order valence-electron chi connectivity index (χ0n) is 12.5. The van der Waals surface area contributed by atoms with Crippen molar-refractivity contribution in [3.8, 4) is 5.75 Å². The first-order chi connectivity index (χ1) is 10.2. The van der Waals surface area contributed by atoms with Crippen LogP contribution in [-0.4, -0.2) is 43.9 Å². The first-order valence-electron chi connectivity index (χ1n) is 7.24. The Morgan fingerprint density at radius 1 is 1.43 bits per heavy atom. The maximum atomic E-state index is 5.97. The Balaban J connectivity index is 1.99. The normalized spacial score (nSPS) is 20.5. The van der Waals surface area contributed by atoms with Crippen LogP contribution in [0, 0.1) is 0 Å². The molecule has 1 fully saturated rings. The van der Waals surface area contributed by atoms with E-state index in [2.05, 4.69) is 16.0 Å². The minimum absolute atomic E-state index is 0.0114. The summed E-state index contributed by atoms with van der Waals surface area (Å²) in [7, 11) is 1.68. The minimum atomic E-state index is 0.0114. The SMILES string of the molecule is COc1ccc2ccnc(N3CCOC(C(C)N)C3)c2c1. The molecule has 5 heteroatoms. The van der Waals surface area contributed by atoms with E-state index >= 15 is 0 Å². The lowest BCUT2D eigenvalue weighted by atomic mass is 10.1. The van der Waals surface area contributed by atoms with E-state index in [9.17, 15) is 0 Å². The second kappa shape index (κ2) is 5.87. The summed E-state index contributed by atoms with van der Waals surface area (Å²) in [6.07, 6.45) is 1.89. The van der Waals surface area contributed by atoms with E-state index in [0.29, 0.717) is 6.61 Å². The Kier molecular flexibility index (Phi) is 3.94. The molecule has 5 nitrogen and oxygen atoms in total. The van der Waals surface area contributed by atoms with Crippen molar-refractivity contribution >= 4 is 16.6 Å². The number of nitrogens with zero attached hydrogens (tertiary/aromatic N) is 2. The Bertz CT molecular complexity index is 630. The van der Waals surface area contributed by atoms with Gasteiger partial charge in [0.05, 0.1) is 19.8 Å². The molecule has 2 atom stereocenters. The number of ether oxygens (including phenoxy) is 2. The van der Waals surface area contributed by atoms with Crippen LogP contribution in [0.5, 0.6) is 5.75 Å². The Hall–Kier alpha value is -1.85. The van der Waals surface area contributed by atoms with Crippen molar-refractivity contribution < 1.29 is 9.47 Å². The molecule has 1 saturated heterocycles. The molecular formula is C16H21N3O2. The molecule has 0 bridgehead atoms. The van der Waals surface area contributed by atoms with Gasteiger partial charge in [-0.15, -0.1) is 0 Å². The fourth-order valence-electron chi connectivity index (χ4n) is 2.70. The lowest BCUT2D eigenvalue weighted by Gasteiger charge is -2.35. The minimum Gasteiger partial charge on any atom is -0.497 e. The molecule has 112 valence electrons. The molecule has 2 N–H and O–H groups in total. The van der Waals surface area contributed by atoms with Crippen LogP contribution < -0.4 is 15.4 Å². The third-order valence-corrected chi connectivity index (χ3v) is 3.93. The van der Waals surface area contributed by atoms with E-state index in [-0.39, 0.29) is 12.1 Å². The highest BCUT2D eigenvalue weighted by molar-refractivity contribution is 5.93. The van der Waals surface area contributed by atoms with Gasteiger partial charge in [0.15, 0.2) is 0 Å². The first-order valence-corrected chi connectivity index (χ1v) is 7.24. The smallest absolute Gasteiger partial charge is 0.136 e. The number of nitrogens with two attached hydrogens (primary N) is 1. The van der Waals surface area contributed by atoms with Gasteiger partial charge in [-0.3, -0.25) is 0 Å². The average molecular weight is 287 g/mol. The fraction of sp³-hybridized carbons (Fsp3) is 0.438. The van der Waals surface area contributed by atoms with Crippen LogP contribution in [0.25, 0.3) is 10.8 Å². The van der Waals surface area contributed by atoms with E-state index in [1.807, 2.05) is 31.3 Å². The summed E-state index contributed by atoms with van der Waals surface area (Å²) in [4.78, 5) is 6.82. The van der Waals surface area contributed by atoms with Crippen LogP contribution in [0.1, 0.15) is 6.92 Å². The molecule has 0 radical (unpaired) electrons. The Labute approximate surface area is 124 Å². The van der Waals surface area contributed by atoms with Crippen molar-refractivity contribution in [3.63, 3.8) is 0 Å². The number of hydrogen-bond donors (Lipinski definition) is 1. The Morgan fingerprint density at radius 2 is 2.29 bits per heavy atom. The van der Waals surface area contributed by atoms with Gasteiger partial charge in [-0.1, -0.05) is 6.07 Å². The molecule has 0 amide bonds. The van der Waals surface area contributed by atoms with Gasteiger partial charge >= 0.3 is 0 Å². The number of rotatable bonds is 3. The van der Waals surface area contributed by atoms with Gasteiger partial charge in [0.2, 0.25) is 0 Å². The van der Waals surface area contributed by atoms with Crippen molar-refractivity contribution in [3.05, 3.63) is 30.5 Å². The topological polar surface area (TPSA) is 60.6 Å². The largest absolute Gasteiger partial charge is 0.497 e. The first kappa shape index (κ1) is 14.1. The molecule has 1 aromatic heterocycles. The zero-order valence-corrected chi connectivity index (χ0v) is 12.5. The zero-order chi connectivity index (χ0) is 14.8. The predicted octanol–water partition coefficient (Wildman–Crippen LogP) is 1.80. The van der Waals surface area contributed by atoms with Gasteiger partial charge in [0.25, 0.3) is 0 Å². The van der Waals surface area contributed by atoms with Gasteiger partial charge in [0.1, 0.15) is 11.6 Å².